The van der Waals surface area contributed by atoms with Gasteiger partial charge in [-0.15, -0.1) is 11.3 Å². The molecule has 3 nitrogen and oxygen atoms in total. The third-order valence-electron chi connectivity index (χ3n) is 2.95. The highest BCUT2D eigenvalue weighted by molar-refractivity contribution is 9.11. The number of nitrogens with one attached hydrogen (secondary N) is 1. The van der Waals surface area contributed by atoms with Crippen molar-refractivity contribution >= 4 is 48.7 Å². The van der Waals surface area contributed by atoms with Gasteiger partial charge in [0, 0.05) is 34.8 Å². The van der Waals surface area contributed by atoms with Crippen molar-refractivity contribution in [3.05, 3.63) is 49.6 Å². The fourth-order valence-corrected chi connectivity index (χ4v) is 4.70. The summed E-state index contributed by atoms with van der Waals surface area (Å²) in [4.78, 5) is 1.57. The molecule has 0 spiro atoms. The van der Waals surface area contributed by atoms with Gasteiger partial charge in [-0.05, 0) is 46.6 Å². The molecule has 0 bridgehead atoms. The molecule has 0 aliphatic carbocycles. The third kappa shape index (κ3) is 4.79. The molecule has 2 rings (SSSR count). The molecule has 0 aliphatic heterocycles. The normalized spacial score (nSPS) is 11.8. The average molecular weight is 409 g/mol. The molecule has 0 saturated carbocycles. The number of sulfone groups is 1. The highest BCUT2D eigenvalue weighted by atomic mass is 79.9. The lowest BCUT2D eigenvalue weighted by atomic mass is 10.2. The van der Waals surface area contributed by atoms with Gasteiger partial charge in [0.25, 0.3) is 0 Å². The Morgan fingerprint density at radius 1 is 1.29 bits per heavy atom. The maximum absolute atomic E-state index is 11.8. The first-order valence-corrected chi connectivity index (χ1v) is 10.2. The fraction of sp³-hybridized carbons (Fsp3) is 0.286. The van der Waals surface area contributed by atoms with Crippen molar-refractivity contribution < 1.29 is 8.42 Å². The lowest BCUT2D eigenvalue weighted by molar-refractivity contribution is 0.598. The minimum atomic E-state index is -3.27. The van der Waals surface area contributed by atoms with E-state index in [1.807, 2.05) is 6.07 Å². The van der Waals surface area contributed by atoms with Crippen LogP contribution < -0.4 is 5.32 Å². The summed E-state index contributed by atoms with van der Waals surface area (Å²) >= 11 is 11.3. The van der Waals surface area contributed by atoms with Crippen LogP contribution in [0.5, 0.6) is 0 Å². The summed E-state index contributed by atoms with van der Waals surface area (Å²) in [6, 6.07) is 9.06. The Labute approximate surface area is 142 Å². The van der Waals surface area contributed by atoms with E-state index in [4.69, 9.17) is 11.6 Å². The van der Waals surface area contributed by atoms with E-state index >= 15 is 0 Å². The largest absolute Gasteiger partial charge is 0.312 e. The van der Waals surface area contributed by atoms with Crippen molar-refractivity contribution in [2.45, 2.75) is 17.9 Å². The van der Waals surface area contributed by atoms with Gasteiger partial charge in [0.15, 0.2) is 9.84 Å². The van der Waals surface area contributed by atoms with Crippen LogP contribution in [0.25, 0.3) is 0 Å². The van der Waals surface area contributed by atoms with Crippen LogP contribution in [0.15, 0.2) is 39.0 Å². The molecular formula is C14H15BrClNO2S2. The number of hydrogen-bond acceptors (Lipinski definition) is 4. The number of halogens is 2. The van der Waals surface area contributed by atoms with Crippen molar-refractivity contribution in [2.24, 2.45) is 0 Å². The highest BCUT2D eigenvalue weighted by Gasteiger charge is 2.15. The second kappa shape index (κ2) is 7.24. The number of rotatable bonds is 6. The molecule has 0 radical (unpaired) electrons. The molecule has 1 heterocycles. The fourth-order valence-electron chi connectivity index (χ4n) is 1.97. The van der Waals surface area contributed by atoms with Crippen molar-refractivity contribution in [2.75, 3.05) is 12.8 Å². The van der Waals surface area contributed by atoms with Gasteiger partial charge in [-0.25, -0.2) is 8.42 Å². The maximum Gasteiger partial charge on any atom is 0.175 e. The minimum absolute atomic E-state index is 0.293. The van der Waals surface area contributed by atoms with Gasteiger partial charge in [0.2, 0.25) is 0 Å². The molecular weight excluding hydrogens is 394 g/mol. The Kier molecular flexibility index (Phi) is 5.85. The molecule has 0 amide bonds. The topological polar surface area (TPSA) is 46.2 Å². The van der Waals surface area contributed by atoms with Gasteiger partial charge in [0.05, 0.1) is 8.68 Å². The van der Waals surface area contributed by atoms with Crippen LogP contribution in [-0.2, 0) is 22.8 Å². The molecule has 0 fully saturated rings. The molecule has 0 saturated heterocycles. The van der Waals surface area contributed by atoms with E-state index < -0.39 is 9.84 Å². The second-order valence-corrected chi connectivity index (χ2v) is 9.56. The first-order chi connectivity index (χ1) is 9.88. The van der Waals surface area contributed by atoms with Gasteiger partial charge in [-0.3, -0.25) is 0 Å². The van der Waals surface area contributed by atoms with E-state index in [1.165, 1.54) is 11.1 Å². The van der Waals surface area contributed by atoms with Gasteiger partial charge in [-0.2, -0.15) is 0 Å². The summed E-state index contributed by atoms with van der Waals surface area (Å²) in [6.45, 7) is 1.20. The summed E-state index contributed by atoms with van der Waals surface area (Å²) < 4.78 is 24.7. The van der Waals surface area contributed by atoms with E-state index in [1.54, 1.807) is 29.5 Å². The van der Waals surface area contributed by atoms with Crippen molar-refractivity contribution in [3.63, 3.8) is 0 Å². The maximum atomic E-state index is 11.8. The van der Waals surface area contributed by atoms with E-state index in [-0.39, 0.29) is 0 Å². The van der Waals surface area contributed by atoms with Crippen molar-refractivity contribution in [3.8, 4) is 0 Å². The molecule has 0 aliphatic rings. The molecule has 0 atom stereocenters. The van der Waals surface area contributed by atoms with Crippen LogP contribution in [-0.4, -0.2) is 21.2 Å². The monoisotopic (exact) mass is 407 g/mol. The van der Waals surface area contributed by atoms with Crippen LogP contribution in [0, 0.1) is 0 Å². The average Bonchev–Trinajstić information content (AvgIpc) is 2.80. The molecule has 1 aromatic heterocycles. The van der Waals surface area contributed by atoms with Gasteiger partial charge >= 0.3 is 0 Å². The zero-order chi connectivity index (χ0) is 15.5. The minimum Gasteiger partial charge on any atom is -0.312 e. The summed E-state index contributed by atoms with van der Waals surface area (Å²) in [7, 11) is -3.27. The molecule has 7 heteroatoms. The number of hydrogen-bond donors (Lipinski definition) is 1. The Morgan fingerprint density at radius 3 is 2.67 bits per heavy atom. The summed E-state index contributed by atoms with van der Waals surface area (Å²) in [5.41, 5.74) is 0.633. The van der Waals surface area contributed by atoms with Crippen LogP contribution in [0.3, 0.4) is 0 Å². The molecule has 114 valence electrons. The highest BCUT2D eigenvalue weighted by Crippen LogP contribution is 2.24. The van der Waals surface area contributed by atoms with Gasteiger partial charge in [0.1, 0.15) is 0 Å². The Bertz CT molecular complexity index is 728. The third-order valence-corrected chi connectivity index (χ3v) is 6.17. The first kappa shape index (κ1) is 17.0. The molecule has 2 aromatic rings. The second-order valence-electron chi connectivity index (χ2n) is 4.62. The molecule has 21 heavy (non-hydrogen) atoms. The summed E-state index contributed by atoms with van der Waals surface area (Å²) in [5, 5.41) is 3.73. The van der Waals surface area contributed by atoms with Gasteiger partial charge < -0.3 is 5.32 Å². The zero-order valence-electron chi connectivity index (χ0n) is 11.4. The van der Waals surface area contributed by atoms with Crippen molar-refractivity contribution in [1.29, 1.82) is 0 Å². The summed E-state index contributed by atoms with van der Waals surface area (Å²) in [6.07, 6.45) is 2.10. The Hall–Kier alpha value is -0.400. The Morgan fingerprint density at radius 2 is 2.05 bits per heavy atom. The Balaban J connectivity index is 2.00. The standard InChI is InChI=1S/C14H15BrClNO2S2/c1-21(18,19)13-4-2-3-12(16)11(13)9-17-8-7-10-5-6-14(15)20-10/h2-6,17H,7-9H2,1H3. The molecule has 1 N–H and O–H groups in total. The van der Waals surface area contributed by atoms with E-state index in [9.17, 15) is 8.42 Å². The molecule has 0 unspecified atom stereocenters. The lowest BCUT2D eigenvalue weighted by Gasteiger charge is -2.11. The van der Waals surface area contributed by atoms with Crippen molar-refractivity contribution in [1.82, 2.24) is 5.32 Å². The van der Waals surface area contributed by atoms with E-state index in [0.29, 0.717) is 22.0 Å². The zero-order valence-corrected chi connectivity index (χ0v) is 15.4. The van der Waals surface area contributed by atoms with Crippen LogP contribution in [0.1, 0.15) is 10.4 Å². The predicted octanol–water partition coefficient (Wildman–Crippen LogP) is 3.90. The van der Waals surface area contributed by atoms with Crippen LogP contribution >= 0.6 is 38.9 Å². The smallest absolute Gasteiger partial charge is 0.175 e. The quantitative estimate of drug-likeness (QED) is 0.737. The van der Waals surface area contributed by atoms with Gasteiger partial charge in [-0.1, -0.05) is 17.7 Å². The van der Waals surface area contributed by atoms with E-state index in [2.05, 4.69) is 27.3 Å². The van der Waals surface area contributed by atoms with Crippen LogP contribution in [0.2, 0.25) is 5.02 Å². The number of benzene rings is 1. The summed E-state index contributed by atoms with van der Waals surface area (Å²) in [5.74, 6) is 0. The molecule has 1 aromatic carbocycles. The predicted molar refractivity (Wildman–Crippen MR) is 92.0 cm³/mol. The first-order valence-electron chi connectivity index (χ1n) is 6.30. The SMILES string of the molecule is CS(=O)(=O)c1cccc(Cl)c1CNCCc1ccc(Br)s1. The van der Waals surface area contributed by atoms with E-state index in [0.717, 1.165) is 16.8 Å². The number of thiophene rings is 1. The van der Waals surface area contributed by atoms with Crippen LogP contribution in [0.4, 0.5) is 0 Å². The lowest BCUT2D eigenvalue weighted by Crippen LogP contribution is -2.18.